The van der Waals surface area contributed by atoms with E-state index < -0.39 is 0 Å². The SMILES string of the molecule is c1ccc(CCc2ccnc3cccnc23)cc1. The van der Waals surface area contributed by atoms with E-state index in [9.17, 15) is 0 Å². The number of hydrogen-bond acceptors (Lipinski definition) is 2. The Labute approximate surface area is 106 Å². The van der Waals surface area contributed by atoms with E-state index in [1.54, 1.807) is 0 Å². The standard InChI is InChI=1S/C16H14N2/c1-2-5-13(6-3-1)8-9-14-10-12-17-15-7-4-11-18-16(14)15/h1-7,10-12H,8-9H2. The highest BCUT2D eigenvalue weighted by Crippen LogP contribution is 2.15. The largest absolute Gasteiger partial charge is 0.255 e. The van der Waals surface area contributed by atoms with Gasteiger partial charge in [0.25, 0.3) is 0 Å². The van der Waals surface area contributed by atoms with Crippen molar-refractivity contribution in [2.45, 2.75) is 12.8 Å². The molecule has 0 bridgehead atoms. The Hall–Kier alpha value is -2.22. The predicted octanol–water partition coefficient (Wildman–Crippen LogP) is 3.42. The monoisotopic (exact) mass is 234 g/mol. The molecule has 2 aromatic heterocycles. The zero-order chi connectivity index (χ0) is 12.2. The van der Waals surface area contributed by atoms with Crippen molar-refractivity contribution in [1.29, 1.82) is 0 Å². The van der Waals surface area contributed by atoms with Crippen molar-refractivity contribution < 1.29 is 0 Å². The van der Waals surface area contributed by atoms with Gasteiger partial charge >= 0.3 is 0 Å². The Balaban J connectivity index is 1.87. The van der Waals surface area contributed by atoms with E-state index in [-0.39, 0.29) is 0 Å². The van der Waals surface area contributed by atoms with E-state index >= 15 is 0 Å². The van der Waals surface area contributed by atoms with Gasteiger partial charge in [0.15, 0.2) is 0 Å². The number of aromatic nitrogens is 2. The number of fused-ring (bicyclic) bond motifs is 1. The Morgan fingerprint density at radius 1 is 0.722 bits per heavy atom. The Morgan fingerprint density at radius 2 is 1.61 bits per heavy atom. The first-order valence-electron chi connectivity index (χ1n) is 6.16. The first-order chi connectivity index (χ1) is 8.93. The summed E-state index contributed by atoms with van der Waals surface area (Å²) in [5, 5.41) is 0. The molecule has 0 saturated heterocycles. The van der Waals surface area contributed by atoms with Crippen molar-refractivity contribution in [3.63, 3.8) is 0 Å². The van der Waals surface area contributed by atoms with Crippen molar-refractivity contribution in [2.24, 2.45) is 0 Å². The van der Waals surface area contributed by atoms with Crippen LogP contribution in [-0.2, 0) is 12.8 Å². The summed E-state index contributed by atoms with van der Waals surface area (Å²) in [6.07, 6.45) is 5.73. The van der Waals surface area contributed by atoms with Crippen molar-refractivity contribution in [2.75, 3.05) is 0 Å². The number of hydrogen-bond donors (Lipinski definition) is 0. The summed E-state index contributed by atoms with van der Waals surface area (Å²) < 4.78 is 0. The number of aryl methyl sites for hydroxylation is 2. The van der Waals surface area contributed by atoms with Gasteiger partial charge in [0.1, 0.15) is 0 Å². The highest BCUT2D eigenvalue weighted by Gasteiger charge is 2.02. The molecular weight excluding hydrogens is 220 g/mol. The van der Waals surface area contributed by atoms with Crippen LogP contribution in [0.15, 0.2) is 60.9 Å². The third-order valence-corrected chi connectivity index (χ3v) is 3.11. The molecule has 0 fully saturated rings. The van der Waals surface area contributed by atoms with Crippen LogP contribution in [0.3, 0.4) is 0 Å². The lowest BCUT2D eigenvalue weighted by molar-refractivity contribution is 0.962. The molecule has 1 aromatic carbocycles. The zero-order valence-electron chi connectivity index (χ0n) is 10.1. The van der Waals surface area contributed by atoms with Crippen molar-refractivity contribution >= 4 is 11.0 Å². The lowest BCUT2D eigenvalue weighted by Crippen LogP contribution is -1.94. The molecule has 0 aliphatic rings. The van der Waals surface area contributed by atoms with Gasteiger partial charge in [0.05, 0.1) is 11.0 Å². The maximum Gasteiger partial charge on any atom is 0.0918 e. The first kappa shape index (κ1) is 10.9. The Morgan fingerprint density at radius 3 is 2.50 bits per heavy atom. The molecule has 0 saturated carbocycles. The topological polar surface area (TPSA) is 25.8 Å². The van der Waals surface area contributed by atoms with Crippen molar-refractivity contribution in [3.05, 3.63) is 72.1 Å². The third kappa shape index (κ3) is 2.23. The fourth-order valence-electron chi connectivity index (χ4n) is 2.16. The summed E-state index contributed by atoms with van der Waals surface area (Å²) >= 11 is 0. The maximum atomic E-state index is 4.43. The van der Waals surface area contributed by atoms with Crippen LogP contribution in [-0.4, -0.2) is 9.97 Å². The number of pyridine rings is 2. The highest BCUT2D eigenvalue weighted by molar-refractivity contribution is 5.77. The first-order valence-corrected chi connectivity index (χ1v) is 6.16. The fourth-order valence-corrected chi connectivity index (χ4v) is 2.16. The molecule has 0 aliphatic heterocycles. The fraction of sp³-hybridized carbons (Fsp3) is 0.125. The van der Waals surface area contributed by atoms with Crippen LogP contribution >= 0.6 is 0 Å². The molecule has 0 N–H and O–H groups in total. The highest BCUT2D eigenvalue weighted by atomic mass is 14.7. The molecule has 2 heterocycles. The van der Waals surface area contributed by atoms with Crippen LogP contribution in [0.4, 0.5) is 0 Å². The van der Waals surface area contributed by atoms with E-state index in [2.05, 4.69) is 40.3 Å². The lowest BCUT2D eigenvalue weighted by atomic mass is 10.0. The van der Waals surface area contributed by atoms with Crippen LogP contribution in [0, 0.1) is 0 Å². The van der Waals surface area contributed by atoms with Crippen LogP contribution in [0.25, 0.3) is 11.0 Å². The summed E-state index contributed by atoms with van der Waals surface area (Å²) in [5.74, 6) is 0. The molecule has 88 valence electrons. The van der Waals surface area contributed by atoms with Gasteiger partial charge in [-0.2, -0.15) is 0 Å². The number of benzene rings is 1. The Kier molecular flexibility index (Phi) is 3.01. The minimum Gasteiger partial charge on any atom is -0.255 e. The molecule has 0 aliphatic carbocycles. The zero-order valence-corrected chi connectivity index (χ0v) is 10.1. The summed E-state index contributed by atoms with van der Waals surface area (Å²) in [6, 6.07) is 16.5. The van der Waals surface area contributed by atoms with E-state index in [0.29, 0.717) is 0 Å². The van der Waals surface area contributed by atoms with Gasteiger partial charge in [-0.1, -0.05) is 30.3 Å². The second kappa shape index (κ2) is 4.96. The van der Waals surface area contributed by atoms with Gasteiger partial charge in [-0.3, -0.25) is 9.97 Å². The second-order valence-electron chi connectivity index (χ2n) is 4.33. The lowest BCUT2D eigenvalue weighted by Gasteiger charge is -2.05. The van der Waals surface area contributed by atoms with E-state index in [4.69, 9.17) is 0 Å². The molecule has 0 unspecified atom stereocenters. The molecule has 18 heavy (non-hydrogen) atoms. The smallest absolute Gasteiger partial charge is 0.0918 e. The van der Waals surface area contributed by atoms with Crippen molar-refractivity contribution in [3.8, 4) is 0 Å². The minimum atomic E-state index is 0.975. The van der Waals surface area contributed by atoms with Crippen molar-refractivity contribution in [1.82, 2.24) is 9.97 Å². The molecule has 0 atom stereocenters. The van der Waals surface area contributed by atoms with Crippen LogP contribution in [0.2, 0.25) is 0 Å². The predicted molar refractivity (Wildman–Crippen MR) is 73.4 cm³/mol. The van der Waals surface area contributed by atoms with Gasteiger partial charge in [-0.25, -0.2) is 0 Å². The normalized spacial score (nSPS) is 10.7. The van der Waals surface area contributed by atoms with Gasteiger partial charge in [-0.05, 0) is 42.2 Å². The average molecular weight is 234 g/mol. The average Bonchev–Trinajstić information content (AvgIpc) is 2.46. The van der Waals surface area contributed by atoms with E-state index in [1.807, 2.05) is 30.6 Å². The molecule has 3 rings (SSSR count). The third-order valence-electron chi connectivity index (χ3n) is 3.11. The summed E-state index contributed by atoms with van der Waals surface area (Å²) in [6.45, 7) is 0. The number of nitrogens with zero attached hydrogens (tertiary/aromatic N) is 2. The molecule has 0 amide bonds. The van der Waals surface area contributed by atoms with Crippen LogP contribution < -0.4 is 0 Å². The van der Waals surface area contributed by atoms with Gasteiger partial charge in [0, 0.05) is 12.4 Å². The van der Waals surface area contributed by atoms with Crippen LogP contribution in [0.5, 0.6) is 0 Å². The van der Waals surface area contributed by atoms with Gasteiger partial charge in [0.2, 0.25) is 0 Å². The quantitative estimate of drug-likeness (QED) is 0.694. The van der Waals surface area contributed by atoms with E-state index in [0.717, 1.165) is 23.9 Å². The van der Waals surface area contributed by atoms with Gasteiger partial charge in [-0.15, -0.1) is 0 Å². The van der Waals surface area contributed by atoms with E-state index in [1.165, 1.54) is 11.1 Å². The minimum absolute atomic E-state index is 0.975. The van der Waals surface area contributed by atoms with Crippen LogP contribution in [0.1, 0.15) is 11.1 Å². The summed E-state index contributed by atoms with van der Waals surface area (Å²) in [5.41, 5.74) is 4.63. The molecule has 0 spiro atoms. The molecule has 3 aromatic rings. The number of rotatable bonds is 3. The second-order valence-corrected chi connectivity index (χ2v) is 4.33. The molecule has 0 radical (unpaired) electrons. The maximum absolute atomic E-state index is 4.43. The molecule has 2 nitrogen and oxygen atoms in total. The Bertz CT molecular complexity index is 642. The van der Waals surface area contributed by atoms with Gasteiger partial charge < -0.3 is 0 Å². The summed E-state index contributed by atoms with van der Waals surface area (Å²) in [7, 11) is 0. The molecular formula is C16H14N2. The summed E-state index contributed by atoms with van der Waals surface area (Å²) in [4.78, 5) is 8.77. The molecule has 2 heteroatoms.